The van der Waals surface area contributed by atoms with Gasteiger partial charge >= 0.3 is 0 Å². The van der Waals surface area contributed by atoms with Crippen LogP contribution in [0.1, 0.15) is 18.9 Å². The van der Waals surface area contributed by atoms with Gasteiger partial charge in [-0.05, 0) is 43.7 Å². The van der Waals surface area contributed by atoms with E-state index in [0.29, 0.717) is 0 Å². The van der Waals surface area contributed by atoms with E-state index in [4.69, 9.17) is 11.6 Å². The summed E-state index contributed by atoms with van der Waals surface area (Å²) in [5.74, 6) is 0. The summed E-state index contributed by atoms with van der Waals surface area (Å²) < 4.78 is 0. The van der Waals surface area contributed by atoms with E-state index in [1.807, 2.05) is 12.1 Å². The summed E-state index contributed by atoms with van der Waals surface area (Å²) in [7, 11) is 0. The Kier molecular flexibility index (Phi) is 3.72. The van der Waals surface area contributed by atoms with Crippen molar-refractivity contribution < 1.29 is 0 Å². The van der Waals surface area contributed by atoms with Gasteiger partial charge in [0.05, 0.1) is 6.67 Å². The lowest BCUT2D eigenvalue weighted by atomic mass is 10.1. The van der Waals surface area contributed by atoms with Gasteiger partial charge in [0.1, 0.15) is 0 Å². The lowest BCUT2D eigenvalue weighted by Crippen LogP contribution is -2.44. The Bertz CT molecular complexity index is 365. The predicted molar refractivity (Wildman–Crippen MR) is 70.3 cm³/mol. The highest BCUT2D eigenvalue weighted by atomic mass is 35.5. The molecule has 1 aromatic carbocycles. The van der Waals surface area contributed by atoms with Gasteiger partial charge in [-0.15, -0.1) is 0 Å². The summed E-state index contributed by atoms with van der Waals surface area (Å²) in [6, 6.07) is 6.16. The van der Waals surface area contributed by atoms with E-state index < -0.39 is 0 Å². The molecule has 1 aromatic rings. The molecule has 2 rings (SSSR count). The van der Waals surface area contributed by atoms with Crippen molar-refractivity contribution in [2.24, 2.45) is 0 Å². The van der Waals surface area contributed by atoms with E-state index in [-0.39, 0.29) is 0 Å². The SMILES string of the molecule is CCN1CCCN(c2ccc(Cl)cc2C)C1. The van der Waals surface area contributed by atoms with Gasteiger partial charge in [0.15, 0.2) is 0 Å². The van der Waals surface area contributed by atoms with Crippen LogP contribution in [0.25, 0.3) is 0 Å². The van der Waals surface area contributed by atoms with Gasteiger partial charge in [0.2, 0.25) is 0 Å². The van der Waals surface area contributed by atoms with Crippen LogP contribution in [0, 0.1) is 6.92 Å². The quantitative estimate of drug-likeness (QED) is 0.781. The third kappa shape index (κ3) is 2.50. The van der Waals surface area contributed by atoms with Crippen molar-refractivity contribution in [2.75, 3.05) is 31.2 Å². The number of anilines is 1. The molecule has 0 aliphatic carbocycles. The Labute approximate surface area is 103 Å². The van der Waals surface area contributed by atoms with Crippen LogP contribution in [-0.2, 0) is 0 Å². The van der Waals surface area contributed by atoms with E-state index in [9.17, 15) is 0 Å². The Hall–Kier alpha value is -0.730. The van der Waals surface area contributed by atoms with Gasteiger partial charge in [-0.25, -0.2) is 0 Å². The molecule has 88 valence electrons. The van der Waals surface area contributed by atoms with Gasteiger partial charge in [-0.2, -0.15) is 0 Å². The molecule has 1 fully saturated rings. The van der Waals surface area contributed by atoms with Crippen molar-refractivity contribution in [3.05, 3.63) is 28.8 Å². The second-order valence-corrected chi connectivity index (χ2v) is 4.84. The standard InChI is InChI=1S/C13H19ClN2/c1-3-15-7-4-8-16(10-15)13-6-5-12(14)9-11(13)2/h5-6,9H,3-4,7-8,10H2,1-2H3. The van der Waals surface area contributed by atoms with Gasteiger partial charge in [-0.3, -0.25) is 4.90 Å². The molecule has 0 unspecified atom stereocenters. The van der Waals surface area contributed by atoms with Crippen molar-refractivity contribution in [3.63, 3.8) is 0 Å². The molecule has 2 nitrogen and oxygen atoms in total. The van der Waals surface area contributed by atoms with Crippen molar-refractivity contribution in [2.45, 2.75) is 20.3 Å². The van der Waals surface area contributed by atoms with E-state index in [2.05, 4.69) is 29.7 Å². The van der Waals surface area contributed by atoms with Gasteiger partial charge in [0, 0.05) is 23.8 Å². The van der Waals surface area contributed by atoms with E-state index in [1.54, 1.807) is 0 Å². The first kappa shape index (κ1) is 11.7. The maximum absolute atomic E-state index is 5.98. The van der Waals surface area contributed by atoms with Crippen LogP contribution in [0.15, 0.2) is 18.2 Å². The zero-order valence-electron chi connectivity index (χ0n) is 10.0. The molecule has 0 aromatic heterocycles. The van der Waals surface area contributed by atoms with Crippen LogP contribution >= 0.6 is 11.6 Å². The second-order valence-electron chi connectivity index (χ2n) is 4.40. The van der Waals surface area contributed by atoms with Gasteiger partial charge in [0.25, 0.3) is 0 Å². The lowest BCUT2D eigenvalue weighted by Gasteiger charge is -2.37. The minimum Gasteiger partial charge on any atom is -0.358 e. The Morgan fingerprint density at radius 1 is 1.31 bits per heavy atom. The minimum absolute atomic E-state index is 0.825. The van der Waals surface area contributed by atoms with Gasteiger partial charge in [-0.1, -0.05) is 18.5 Å². The van der Waals surface area contributed by atoms with Crippen LogP contribution < -0.4 is 4.90 Å². The first-order valence-electron chi connectivity index (χ1n) is 5.94. The minimum atomic E-state index is 0.825. The molecule has 1 saturated heterocycles. The van der Waals surface area contributed by atoms with Crippen LogP contribution in [0.5, 0.6) is 0 Å². The Morgan fingerprint density at radius 3 is 2.81 bits per heavy atom. The number of rotatable bonds is 2. The third-order valence-corrected chi connectivity index (χ3v) is 3.45. The average Bonchev–Trinajstić information content (AvgIpc) is 2.29. The van der Waals surface area contributed by atoms with Crippen molar-refractivity contribution in [1.29, 1.82) is 0 Å². The molecule has 3 heteroatoms. The smallest absolute Gasteiger partial charge is 0.0707 e. The lowest BCUT2D eigenvalue weighted by molar-refractivity contribution is 0.253. The molecule has 1 heterocycles. The largest absolute Gasteiger partial charge is 0.358 e. The molecule has 0 radical (unpaired) electrons. The van der Waals surface area contributed by atoms with Crippen LogP contribution in [0.3, 0.4) is 0 Å². The van der Waals surface area contributed by atoms with Gasteiger partial charge < -0.3 is 4.90 Å². The molecule has 0 amide bonds. The number of aryl methyl sites for hydroxylation is 1. The molecule has 0 saturated carbocycles. The fourth-order valence-electron chi connectivity index (χ4n) is 2.30. The number of hydrogen-bond acceptors (Lipinski definition) is 2. The monoisotopic (exact) mass is 238 g/mol. The van der Waals surface area contributed by atoms with E-state index in [1.165, 1.54) is 24.2 Å². The summed E-state index contributed by atoms with van der Waals surface area (Å²) in [4.78, 5) is 4.91. The highest BCUT2D eigenvalue weighted by Crippen LogP contribution is 2.25. The summed E-state index contributed by atoms with van der Waals surface area (Å²) in [6.45, 7) is 8.89. The van der Waals surface area contributed by atoms with Crippen molar-refractivity contribution in [1.82, 2.24) is 4.90 Å². The second kappa shape index (κ2) is 5.07. The summed E-state index contributed by atoms with van der Waals surface area (Å²) in [6.07, 6.45) is 1.25. The van der Waals surface area contributed by atoms with Crippen molar-refractivity contribution in [3.8, 4) is 0 Å². The van der Waals surface area contributed by atoms with E-state index >= 15 is 0 Å². The molecule has 0 atom stereocenters. The van der Waals surface area contributed by atoms with E-state index in [0.717, 1.165) is 24.8 Å². The fraction of sp³-hybridized carbons (Fsp3) is 0.538. The molecule has 16 heavy (non-hydrogen) atoms. The predicted octanol–water partition coefficient (Wildman–Crippen LogP) is 3.14. The molecule has 0 bridgehead atoms. The third-order valence-electron chi connectivity index (χ3n) is 3.22. The zero-order chi connectivity index (χ0) is 11.5. The molecular weight excluding hydrogens is 220 g/mol. The highest BCUT2D eigenvalue weighted by Gasteiger charge is 2.17. The van der Waals surface area contributed by atoms with Crippen LogP contribution in [0.4, 0.5) is 5.69 Å². The summed E-state index contributed by atoms with van der Waals surface area (Å²) in [5.41, 5.74) is 2.59. The Balaban J connectivity index is 2.16. The normalized spacial score (nSPS) is 17.8. The van der Waals surface area contributed by atoms with Crippen molar-refractivity contribution >= 4 is 17.3 Å². The summed E-state index contributed by atoms with van der Waals surface area (Å²) >= 11 is 5.98. The maximum atomic E-state index is 5.98. The number of benzene rings is 1. The molecule has 0 spiro atoms. The number of hydrogen-bond donors (Lipinski definition) is 0. The number of halogens is 1. The summed E-state index contributed by atoms with van der Waals surface area (Å²) in [5, 5.41) is 0.825. The Morgan fingerprint density at radius 2 is 2.12 bits per heavy atom. The first-order valence-corrected chi connectivity index (χ1v) is 6.32. The molecule has 1 aliphatic rings. The average molecular weight is 239 g/mol. The highest BCUT2D eigenvalue weighted by molar-refractivity contribution is 6.30. The fourth-order valence-corrected chi connectivity index (χ4v) is 2.52. The molecule has 0 N–H and O–H groups in total. The zero-order valence-corrected chi connectivity index (χ0v) is 10.8. The van der Waals surface area contributed by atoms with Crippen LogP contribution in [-0.4, -0.2) is 31.2 Å². The topological polar surface area (TPSA) is 6.48 Å². The maximum Gasteiger partial charge on any atom is 0.0707 e. The number of nitrogens with zero attached hydrogens (tertiary/aromatic N) is 2. The molecule has 1 aliphatic heterocycles. The van der Waals surface area contributed by atoms with Crippen LogP contribution in [0.2, 0.25) is 5.02 Å². The molecular formula is C13H19ClN2. The first-order chi connectivity index (χ1) is 7.70.